The molecule has 2 aromatic rings. The Balaban J connectivity index is 1.89. The van der Waals surface area contributed by atoms with E-state index in [2.05, 4.69) is 10.1 Å². The second-order valence-corrected chi connectivity index (χ2v) is 5.11. The predicted molar refractivity (Wildman–Crippen MR) is 87.7 cm³/mol. The number of amides is 1. The molecule has 0 radical (unpaired) electrons. The van der Waals surface area contributed by atoms with Crippen LogP contribution >= 0.6 is 11.6 Å². The third-order valence-electron chi connectivity index (χ3n) is 3.03. The van der Waals surface area contributed by atoms with E-state index in [9.17, 15) is 9.59 Å². The molecule has 0 saturated carbocycles. The van der Waals surface area contributed by atoms with Crippen LogP contribution in [0.1, 0.15) is 5.56 Å². The normalized spacial score (nSPS) is 10.0. The molecule has 0 aliphatic rings. The molecule has 5 nitrogen and oxygen atoms in total. The molecule has 0 atom stereocenters. The Morgan fingerprint density at radius 3 is 2.43 bits per heavy atom. The number of nitrogens with one attached hydrogen (secondary N) is 1. The fraction of sp³-hybridized carbons (Fsp3) is 0.176. The topological polar surface area (TPSA) is 64.6 Å². The van der Waals surface area contributed by atoms with Crippen LogP contribution in [0.2, 0.25) is 5.02 Å². The van der Waals surface area contributed by atoms with Crippen molar-refractivity contribution in [3.05, 3.63) is 59.1 Å². The van der Waals surface area contributed by atoms with Gasteiger partial charge < -0.3 is 14.8 Å². The number of benzene rings is 2. The highest BCUT2D eigenvalue weighted by molar-refractivity contribution is 6.31. The molecule has 1 amide bonds. The minimum atomic E-state index is -0.456. The molecule has 23 heavy (non-hydrogen) atoms. The molecule has 0 bridgehead atoms. The van der Waals surface area contributed by atoms with E-state index < -0.39 is 5.97 Å². The molecule has 2 rings (SSSR count). The van der Waals surface area contributed by atoms with E-state index in [1.165, 1.54) is 7.11 Å². The highest BCUT2D eigenvalue weighted by Gasteiger charge is 2.07. The van der Waals surface area contributed by atoms with Crippen LogP contribution in [0.15, 0.2) is 48.5 Å². The standard InChI is InChI=1S/C17H16ClNO4/c1-22-17(21)11-23-14-8-6-13(7-9-14)19-16(20)10-12-4-2-3-5-15(12)18/h2-9H,10-11H2,1H3,(H,19,20). The molecule has 0 aliphatic carbocycles. The summed E-state index contributed by atoms with van der Waals surface area (Å²) in [6, 6.07) is 13.9. The number of ether oxygens (including phenoxy) is 2. The number of hydrogen-bond donors (Lipinski definition) is 1. The molecule has 6 heteroatoms. The Kier molecular flexibility index (Phi) is 6.00. The summed E-state index contributed by atoms with van der Waals surface area (Å²) in [5.41, 5.74) is 1.40. The smallest absolute Gasteiger partial charge is 0.343 e. The number of carbonyl (C=O) groups is 2. The zero-order valence-corrected chi connectivity index (χ0v) is 13.3. The van der Waals surface area contributed by atoms with Crippen LogP contribution in [0, 0.1) is 0 Å². The Hall–Kier alpha value is -2.53. The first-order chi connectivity index (χ1) is 11.1. The van der Waals surface area contributed by atoms with E-state index in [-0.39, 0.29) is 18.9 Å². The molecule has 0 aliphatic heterocycles. The third-order valence-corrected chi connectivity index (χ3v) is 3.40. The van der Waals surface area contributed by atoms with Gasteiger partial charge in [0.15, 0.2) is 6.61 Å². The van der Waals surface area contributed by atoms with Crippen LogP contribution in [-0.4, -0.2) is 25.6 Å². The van der Waals surface area contributed by atoms with Gasteiger partial charge in [0, 0.05) is 10.7 Å². The summed E-state index contributed by atoms with van der Waals surface area (Å²) in [6.45, 7) is -0.158. The molecule has 0 spiro atoms. The Morgan fingerprint density at radius 2 is 1.78 bits per heavy atom. The molecule has 0 fully saturated rings. The maximum atomic E-state index is 12.0. The van der Waals surface area contributed by atoms with Crippen molar-refractivity contribution >= 4 is 29.2 Å². The molecular weight excluding hydrogens is 318 g/mol. The lowest BCUT2D eigenvalue weighted by molar-refractivity contribution is -0.142. The van der Waals surface area contributed by atoms with Crippen molar-refractivity contribution in [3.8, 4) is 5.75 Å². The summed E-state index contributed by atoms with van der Waals surface area (Å²) in [4.78, 5) is 23.0. The van der Waals surface area contributed by atoms with Crippen molar-refractivity contribution < 1.29 is 19.1 Å². The van der Waals surface area contributed by atoms with Gasteiger partial charge in [0.2, 0.25) is 5.91 Å². The van der Waals surface area contributed by atoms with Crippen molar-refractivity contribution in [1.82, 2.24) is 0 Å². The summed E-state index contributed by atoms with van der Waals surface area (Å²) in [7, 11) is 1.29. The van der Waals surface area contributed by atoms with Crippen LogP contribution in [0.25, 0.3) is 0 Å². The van der Waals surface area contributed by atoms with Crippen molar-refractivity contribution in [1.29, 1.82) is 0 Å². The van der Waals surface area contributed by atoms with Gasteiger partial charge in [0.05, 0.1) is 13.5 Å². The summed E-state index contributed by atoms with van der Waals surface area (Å²) in [6.07, 6.45) is 0.195. The van der Waals surface area contributed by atoms with Crippen LogP contribution in [0.4, 0.5) is 5.69 Å². The number of esters is 1. The Labute approximate surface area is 139 Å². The molecule has 1 N–H and O–H groups in total. The summed E-state index contributed by atoms with van der Waals surface area (Å²) >= 11 is 6.03. The van der Waals surface area contributed by atoms with Gasteiger partial charge in [0.25, 0.3) is 0 Å². The Morgan fingerprint density at radius 1 is 1.09 bits per heavy atom. The molecule has 0 aromatic heterocycles. The average Bonchev–Trinajstić information content (AvgIpc) is 2.56. The van der Waals surface area contributed by atoms with E-state index in [4.69, 9.17) is 16.3 Å². The van der Waals surface area contributed by atoms with Crippen LogP contribution in [-0.2, 0) is 20.7 Å². The highest BCUT2D eigenvalue weighted by atomic mass is 35.5. The zero-order chi connectivity index (χ0) is 16.7. The van der Waals surface area contributed by atoms with Gasteiger partial charge in [-0.15, -0.1) is 0 Å². The van der Waals surface area contributed by atoms with Gasteiger partial charge in [-0.25, -0.2) is 4.79 Å². The highest BCUT2D eigenvalue weighted by Crippen LogP contribution is 2.18. The van der Waals surface area contributed by atoms with E-state index >= 15 is 0 Å². The molecule has 2 aromatic carbocycles. The lowest BCUT2D eigenvalue weighted by atomic mass is 10.1. The van der Waals surface area contributed by atoms with Crippen LogP contribution < -0.4 is 10.1 Å². The number of methoxy groups -OCH3 is 1. The van der Waals surface area contributed by atoms with Crippen molar-refractivity contribution in [2.24, 2.45) is 0 Å². The first-order valence-electron chi connectivity index (χ1n) is 6.91. The lowest BCUT2D eigenvalue weighted by Crippen LogP contribution is -2.15. The van der Waals surface area contributed by atoms with Crippen molar-refractivity contribution in [3.63, 3.8) is 0 Å². The predicted octanol–water partition coefficient (Wildman–Crippen LogP) is 3.07. The van der Waals surface area contributed by atoms with Crippen LogP contribution in [0.5, 0.6) is 5.75 Å². The molecular formula is C17H16ClNO4. The monoisotopic (exact) mass is 333 g/mol. The summed E-state index contributed by atoms with van der Waals surface area (Å²) in [5.74, 6) is -0.108. The number of carbonyl (C=O) groups excluding carboxylic acids is 2. The average molecular weight is 334 g/mol. The second-order valence-electron chi connectivity index (χ2n) is 4.71. The molecule has 0 heterocycles. The largest absolute Gasteiger partial charge is 0.482 e. The maximum absolute atomic E-state index is 12.0. The summed E-state index contributed by atoms with van der Waals surface area (Å²) in [5, 5.41) is 3.34. The molecule has 0 unspecified atom stereocenters. The number of halogens is 1. The van der Waals surface area contributed by atoms with Crippen molar-refractivity contribution in [2.45, 2.75) is 6.42 Å². The first-order valence-corrected chi connectivity index (χ1v) is 7.29. The lowest BCUT2D eigenvalue weighted by Gasteiger charge is -2.08. The van der Waals surface area contributed by atoms with Crippen molar-refractivity contribution in [2.75, 3.05) is 19.0 Å². The van der Waals surface area contributed by atoms with Gasteiger partial charge in [-0.05, 0) is 35.9 Å². The Bertz CT molecular complexity index is 685. The van der Waals surface area contributed by atoms with E-state index in [1.807, 2.05) is 18.2 Å². The number of rotatable bonds is 6. The molecule has 0 saturated heterocycles. The maximum Gasteiger partial charge on any atom is 0.343 e. The van der Waals surface area contributed by atoms with Crippen LogP contribution in [0.3, 0.4) is 0 Å². The first kappa shape index (κ1) is 16.8. The van der Waals surface area contributed by atoms with E-state index in [0.29, 0.717) is 16.5 Å². The van der Waals surface area contributed by atoms with E-state index in [1.54, 1.807) is 30.3 Å². The minimum Gasteiger partial charge on any atom is -0.482 e. The SMILES string of the molecule is COC(=O)COc1ccc(NC(=O)Cc2ccccc2Cl)cc1. The van der Waals surface area contributed by atoms with Gasteiger partial charge in [-0.3, -0.25) is 4.79 Å². The minimum absolute atomic E-state index is 0.158. The van der Waals surface area contributed by atoms with Gasteiger partial charge in [-0.2, -0.15) is 0 Å². The van der Waals surface area contributed by atoms with Gasteiger partial charge >= 0.3 is 5.97 Å². The number of hydrogen-bond acceptors (Lipinski definition) is 4. The zero-order valence-electron chi connectivity index (χ0n) is 12.5. The quantitative estimate of drug-likeness (QED) is 0.825. The van der Waals surface area contributed by atoms with Gasteiger partial charge in [-0.1, -0.05) is 29.8 Å². The molecule has 120 valence electrons. The van der Waals surface area contributed by atoms with Gasteiger partial charge in [0.1, 0.15) is 5.75 Å². The second kappa shape index (κ2) is 8.19. The fourth-order valence-electron chi connectivity index (χ4n) is 1.86. The van der Waals surface area contributed by atoms with E-state index in [0.717, 1.165) is 5.56 Å². The third kappa shape index (κ3) is 5.30. The summed E-state index contributed by atoms with van der Waals surface area (Å²) < 4.78 is 9.71. The number of anilines is 1. The fourth-order valence-corrected chi connectivity index (χ4v) is 2.06.